The van der Waals surface area contributed by atoms with Gasteiger partial charge in [0.2, 0.25) is 0 Å². The number of methoxy groups -OCH3 is 1. The molecule has 0 aromatic carbocycles. The molecule has 2 aromatic heterocycles. The maximum absolute atomic E-state index is 13.1. The first-order chi connectivity index (χ1) is 14.1. The van der Waals surface area contributed by atoms with Crippen molar-refractivity contribution in [2.24, 2.45) is 5.92 Å². The van der Waals surface area contributed by atoms with Crippen LogP contribution in [0, 0.1) is 12.8 Å². The Kier molecular flexibility index (Phi) is 7.58. The minimum Gasteiger partial charge on any atom is -0.385 e. The molecule has 3 rings (SSSR count). The van der Waals surface area contributed by atoms with Crippen LogP contribution >= 0.6 is 0 Å². The van der Waals surface area contributed by atoms with Gasteiger partial charge in [-0.3, -0.25) is 14.6 Å². The monoisotopic (exact) mass is 397 g/mol. The maximum Gasteiger partial charge on any atom is 0.257 e. The van der Waals surface area contributed by atoms with Gasteiger partial charge in [0.05, 0.1) is 0 Å². The number of aryl methyl sites for hydroxylation is 1. The third kappa shape index (κ3) is 5.54. The lowest BCUT2D eigenvalue weighted by Crippen LogP contribution is -2.33. The highest BCUT2D eigenvalue weighted by Crippen LogP contribution is 2.29. The number of amides is 1. The molecule has 1 aliphatic carbocycles. The zero-order valence-electron chi connectivity index (χ0n) is 17.4. The SMILES string of the molecule is COCCCn1c(C)cc(=O)c(C(=O)NCc2cccnc2)c1CC1CCCC1. The van der Waals surface area contributed by atoms with E-state index in [2.05, 4.69) is 14.9 Å². The molecule has 2 aromatic rings. The van der Waals surface area contributed by atoms with Crippen LogP contribution in [-0.2, 0) is 24.2 Å². The Balaban J connectivity index is 1.90. The van der Waals surface area contributed by atoms with Gasteiger partial charge in [-0.05, 0) is 37.3 Å². The number of hydrogen-bond donors (Lipinski definition) is 1. The molecule has 2 heterocycles. The average Bonchev–Trinajstić information content (AvgIpc) is 3.22. The van der Waals surface area contributed by atoms with E-state index in [9.17, 15) is 9.59 Å². The number of carbonyl (C=O) groups is 1. The summed E-state index contributed by atoms with van der Waals surface area (Å²) in [5, 5.41) is 2.92. The van der Waals surface area contributed by atoms with E-state index >= 15 is 0 Å². The second-order valence-electron chi connectivity index (χ2n) is 7.87. The third-order valence-corrected chi connectivity index (χ3v) is 5.72. The van der Waals surface area contributed by atoms with E-state index in [4.69, 9.17) is 4.74 Å². The van der Waals surface area contributed by atoms with E-state index in [-0.39, 0.29) is 11.3 Å². The molecule has 0 unspecified atom stereocenters. The number of nitrogens with one attached hydrogen (secondary N) is 1. The normalized spacial score (nSPS) is 14.3. The molecule has 1 N–H and O–H groups in total. The minimum atomic E-state index is -0.299. The molecule has 29 heavy (non-hydrogen) atoms. The van der Waals surface area contributed by atoms with Crippen LogP contribution in [-0.4, -0.2) is 29.2 Å². The average molecular weight is 398 g/mol. The number of carbonyl (C=O) groups excluding carboxylic acids is 1. The van der Waals surface area contributed by atoms with Crippen molar-refractivity contribution in [2.45, 2.75) is 58.5 Å². The first-order valence-electron chi connectivity index (χ1n) is 10.5. The van der Waals surface area contributed by atoms with Crippen molar-refractivity contribution in [1.82, 2.24) is 14.9 Å². The van der Waals surface area contributed by atoms with Crippen LogP contribution in [0.1, 0.15) is 59.4 Å². The van der Waals surface area contributed by atoms with Crippen LogP contribution in [0.3, 0.4) is 0 Å². The number of rotatable bonds is 9. The second-order valence-corrected chi connectivity index (χ2v) is 7.87. The van der Waals surface area contributed by atoms with Crippen LogP contribution < -0.4 is 10.7 Å². The maximum atomic E-state index is 13.1. The molecular formula is C23H31N3O3. The van der Waals surface area contributed by atoms with Crippen LogP contribution in [0.2, 0.25) is 0 Å². The summed E-state index contributed by atoms with van der Waals surface area (Å²) in [5.74, 6) is 0.238. The molecule has 0 spiro atoms. The van der Waals surface area contributed by atoms with Gasteiger partial charge >= 0.3 is 0 Å². The topological polar surface area (TPSA) is 73.2 Å². The van der Waals surface area contributed by atoms with Gasteiger partial charge < -0.3 is 14.6 Å². The summed E-state index contributed by atoms with van der Waals surface area (Å²) in [6.07, 6.45) is 9.82. The Morgan fingerprint density at radius 2 is 2.14 bits per heavy atom. The summed E-state index contributed by atoms with van der Waals surface area (Å²) in [5.41, 5.74) is 2.79. The summed E-state index contributed by atoms with van der Waals surface area (Å²) in [4.78, 5) is 30.0. The second kappa shape index (κ2) is 10.3. The summed E-state index contributed by atoms with van der Waals surface area (Å²) in [7, 11) is 1.69. The van der Waals surface area contributed by atoms with Gasteiger partial charge in [0, 0.05) is 56.7 Å². The van der Waals surface area contributed by atoms with E-state index < -0.39 is 0 Å². The lowest BCUT2D eigenvalue weighted by atomic mass is 9.96. The summed E-state index contributed by atoms with van der Waals surface area (Å²) in [6, 6.07) is 5.33. The fourth-order valence-corrected chi connectivity index (χ4v) is 4.22. The summed E-state index contributed by atoms with van der Waals surface area (Å²) in [6.45, 7) is 3.69. The molecule has 0 atom stereocenters. The lowest BCUT2D eigenvalue weighted by molar-refractivity contribution is 0.0947. The molecule has 0 bridgehead atoms. The smallest absolute Gasteiger partial charge is 0.257 e. The molecule has 1 amide bonds. The number of ether oxygens (including phenoxy) is 1. The van der Waals surface area contributed by atoms with Crippen molar-refractivity contribution in [3.05, 3.63) is 63.3 Å². The molecule has 0 aliphatic heterocycles. The summed E-state index contributed by atoms with van der Waals surface area (Å²) < 4.78 is 7.36. The van der Waals surface area contributed by atoms with Crippen molar-refractivity contribution < 1.29 is 9.53 Å². The minimum absolute atomic E-state index is 0.192. The molecule has 6 heteroatoms. The van der Waals surface area contributed by atoms with Crippen molar-refractivity contribution >= 4 is 5.91 Å². The van der Waals surface area contributed by atoms with Crippen LogP contribution in [0.25, 0.3) is 0 Å². The fourth-order valence-electron chi connectivity index (χ4n) is 4.22. The van der Waals surface area contributed by atoms with Gasteiger partial charge in [0.1, 0.15) is 5.56 Å². The van der Waals surface area contributed by atoms with Gasteiger partial charge in [-0.15, -0.1) is 0 Å². The first-order valence-corrected chi connectivity index (χ1v) is 10.5. The molecule has 0 saturated heterocycles. The van der Waals surface area contributed by atoms with E-state index in [1.807, 2.05) is 19.1 Å². The predicted molar refractivity (Wildman–Crippen MR) is 113 cm³/mol. The van der Waals surface area contributed by atoms with E-state index in [1.54, 1.807) is 25.6 Å². The van der Waals surface area contributed by atoms with E-state index in [0.29, 0.717) is 24.6 Å². The van der Waals surface area contributed by atoms with Crippen molar-refractivity contribution in [3.63, 3.8) is 0 Å². The molecule has 156 valence electrons. The molecule has 1 saturated carbocycles. The fraction of sp³-hybridized carbons (Fsp3) is 0.522. The summed E-state index contributed by atoms with van der Waals surface area (Å²) >= 11 is 0. The highest BCUT2D eigenvalue weighted by Gasteiger charge is 2.24. The van der Waals surface area contributed by atoms with E-state index in [1.165, 1.54) is 12.8 Å². The van der Waals surface area contributed by atoms with Crippen LogP contribution in [0.15, 0.2) is 35.4 Å². The highest BCUT2D eigenvalue weighted by molar-refractivity contribution is 5.95. The molecule has 0 radical (unpaired) electrons. The van der Waals surface area contributed by atoms with Crippen molar-refractivity contribution in [2.75, 3.05) is 13.7 Å². The molecule has 1 aliphatic rings. The van der Waals surface area contributed by atoms with Gasteiger partial charge in [0.25, 0.3) is 5.91 Å². The largest absolute Gasteiger partial charge is 0.385 e. The Hall–Kier alpha value is -2.47. The van der Waals surface area contributed by atoms with Crippen molar-refractivity contribution in [1.29, 1.82) is 0 Å². The molecule has 6 nitrogen and oxygen atoms in total. The molecular weight excluding hydrogens is 366 g/mol. The standard InChI is InChI=1S/C23H31N3O3/c1-17-13-21(27)22(23(28)25-16-19-9-5-10-24-15-19)20(14-18-7-3-4-8-18)26(17)11-6-12-29-2/h5,9-10,13,15,18H,3-4,6-8,11-12,14,16H2,1-2H3,(H,25,28). The number of hydrogen-bond acceptors (Lipinski definition) is 4. The van der Waals surface area contributed by atoms with Gasteiger partial charge in [0.15, 0.2) is 5.43 Å². The zero-order valence-corrected chi connectivity index (χ0v) is 17.4. The van der Waals surface area contributed by atoms with Crippen molar-refractivity contribution in [3.8, 4) is 0 Å². The zero-order chi connectivity index (χ0) is 20.6. The van der Waals surface area contributed by atoms with Crippen LogP contribution in [0.4, 0.5) is 0 Å². The molecule has 1 fully saturated rings. The van der Waals surface area contributed by atoms with Gasteiger partial charge in [-0.1, -0.05) is 31.7 Å². The predicted octanol–water partition coefficient (Wildman–Crippen LogP) is 3.25. The van der Waals surface area contributed by atoms with E-state index in [0.717, 1.165) is 49.2 Å². The Morgan fingerprint density at radius 3 is 2.83 bits per heavy atom. The first kappa shape index (κ1) is 21.2. The highest BCUT2D eigenvalue weighted by atomic mass is 16.5. The Labute approximate surface area is 172 Å². The number of aromatic nitrogens is 2. The third-order valence-electron chi connectivity index (χ3n) is 5.72. The Bertz CT molecular complexity index is 871. The van der Waals surface area contributed by atoms with Gasteiger partial charge in [-0.25, -0.2) is 0 Å². The van der Waals surface area contributed by atoms with Crippen LogP contribution in [0.5, 0.6) is 0 Å². The lowest BCUT2D eigenvalue weighted by Gasteiger charge is -2.22. The Morgan fingerprint density at radius 1 is 1.34 bits per heavy atom. The number of pyridine rings is 2. The van der Waals surface area contributed by atoms with Gasteiger partial charge in [-0.2, -0.15) is 0 Å². The number of nitrogens with zero attached hydrogens (tertiary/aromatic N) is 2. The quantitative estimate of drug-likeness (QED) is 0.659.